The smallest absolute Gasteiger partial charge is 0.344 e. The van der Waals surface area contributed by atoms with Gasteiger partial charge in [0.1, 0.15) is 11.5 Å². The highest BCUT2D eigenvalue weighted by atomic mass is 33.1. The minimum atomic E-state index is -0.359. The van der Waals surface area contributed by atoms with Gasteiger partial charge >= 0.3 is 5.63 Å². The number of aromatic hydroxyl groups is 1. The summed E-state index contributed by atoms with van der Waals surface area (Å²) in [7, 11) is 3.25. The van der Waals surface area contributed by atoms with Gasteiger partial charge in [-0.1, -0.05) is 73.5 Å². The van der Waals surface area contributed by atoms with Crippen LogP contribution in [0.25, 0.3) is 22.5 Å². The Morgan fingerprint density at radius 1 is 0.960 bits per heavy atom. The van der Waals surface area contributed by atoms with E-state index in [1.165, 1.54) is 0 Å². The lowest BCUT2D eigenvalue weighted by molar-refractivity contribution is 0.475. The number of furan rings is 1. The maximum Gasteiger partial charge on any atom is 0.344 e. The second-order valence-corrected chi connectivity index (χ2v) is 6.88. The van der Waals surface area contributed by atoms with Crippen LogP contribution in [0.15, 0.2) is 62.6 Å². The minimum Gasteiger partial charge on any atom is -0.508 e. The highest BCUT2D eigenvalue weighted by Crippen LogP contribution is 2.36. The Balaban J connectivity index is 0.000000730. The first-order valence-electron chi connectivity index (χ1n) is 8.26. The monoisotopic (exact) mass is 376 g/mol. The van der Waals surface area contributed by atoms with Crippen LogP contribution in [0, 0.1) is 0 Å². The molecule has 2 aliphatic rings. The summed E-state index contributed by atoms with van der Waals surface area (Å²) in [5.41, 5.74) is 1.68. The third-order valence-corrected chi connectivity index (χ3v) is 4.76. The Morgan fingerprint density at radius 3 is 2.20 bits per heavy atom. The van der Waals surface area contributed by atoms with Crippen molar-refractivity contribution < 1.29 is 9.52 Å². The summed E-state index contributed by atoms with van der Waals surface area (Å²) in [5, 5.41) is 9.37. The van der Waals surface area contributed by atoms with E-state index in [1.54, 1.807) is 45.9 Å². The van der Waals surface area contributed by atoms with Gasteiger partial charge in [0.2, 0.25) is 0 Å². The summed E-state index contributed by atoms with van der Waals surface area (Å²) in [4.78, 5) is 13.2. The van der Waals surface area contributed by atoms with E-state index >= 15 is 0 Å². The molecular formula is C20H24O3S2. The predicted octanol–water partition coefficient (Wildman–Crippen LogP) is 6.54. The molecule has 134 valence electrons. The molecule has 3 nitrogen and oxygen atoms in total. The summed E-state index contributed by atoms with van der Waals surface area (Å²) in [6, 6.07) is 14.2. The number of rotatable bonds is 3. The van der Waals surface area contributed by atoms with Crippen LogP contribution in [0.5, 0.6) is 5.75 Å². The van der Waals surface area contributed by atoms with Gasteiger partial charge in [0.15, 0.2) is 0 Å². The molecule has 1 aliphatic heterocycles. The van der Waals surface area contributed by atoms with E-state index in [1.807, 2.05) is 58.2 Å². The molecule has 1 aromatic carbocycles. The van der Waals surface area contributed by atoms with Gasteiger partial charge in [0.05, 0.1) is 5.56 Å². The van der Waals surface area contributed by atoms with E-state index in [9.17, 15) is 9.90 Å². The number of hydrogen-bond acceptors (Lipinski definition) is 5. The molecule has 1 heterocycles. The van der Waals surface area contributed by atoms with E-state index in [2.05, 4.69) is 0 Å². The fourth-order valence-corrected chi connectivity index (χ4v) is 3.55. The van der Waals surface area contributed by atoms with E-state index in [0.29, 0.717) is 11.3 Å². The first kappa shape index (κ1) is 21.2. The van der Waals surface area contributed by atoms with Crippen molar-refractivity contribution in [3.63, 3.8) is 0 Å². The summed E-state index contributed by atoms with van der Waals surface area (Å²) >= 11 is 0. The van der Waals surface area contributed by atoms with Gasteiger partial charge < -0.3 is 9.52 Å². The highest BCUT2D eigenvalue weighted by molar-refractivity contribution is 8.76. The van der Waals surface area contributed by atoms with Crippen LogP contribution in [0.1, 0.15) is 27.7 Å². The molecule has 25 heavy (non-hydrogen) atoms. The average Bonchev–Trinajstić information content (AvgIpc) is 2.82. The van der Waals surface area contributed by atoms with Gasteiger partial charge in [-0.15, -0.1) is 0 Å². The van der Waals surface area contributed by atoms with E-state index in [0.717, 1.165) is 16.0 Å². The molecule has 0 spiro atoms. The molecular weight excluding hydrogens is 352 g/mol. The standard InChI is InChI=1S/C16H12O3S2.2C2H6/c1-20-21-12-3-2-4-13-14(9-12)19-16(18)15(13)10-5-7-11(17)8-6-10;2*1-2/h2-9,17H,1H3;2*1-2H3. The maximum atomic E-state index is 12.2. The minimum absolute atomic E-state index is 0.170. The molecule has 5 heteroatoms. The van der Waals surface area contributed by atoms with Crippen LogP contribution in [-0.4, -0.2) is 11.4 Å². The number of hydrogen-bond donors (Lipinski definition) is 1. The lowest BCUT2D eigenvalue weighted by atomic mass is 10.0. The van der Waals surface area contributed by atoms with Crippen LogP contribution in [-0.2, 0) is 0 Å². The molecule has 0 fully saturated rings. The third kappa shape index (κ3) is 5.31. The fourth-order valence-electron chi connectivity index (χ4n) is 2.18. The van der Waals surface area contributed by atoms with Gasteiger partial charge in [-0.2, -0.15) is 0 Å². The largest absolute Gasteiger partial charge is 0.508 e. The number of phenolic OH excluding ortho intramolecular Hbond substituents is 1. The highest BCUT2D eigenvalue weighted by Gasteiger charge is 2.18. The van der Waals surface area contributed by atoms with E-state index in [-0.39, 0.29) is 11.4 Å². The average molecular weight is 377 g/mol. The molecule has 0 radical (unpaired) electrons. The molecule has 0 saturated heterocycles. The van der Waals surface area contributed by atoms with Gasteiger partial charge in [-0.25, -0.2) is 4.79 Å². The normalized spacial score (nSPS) is 9.64. The Kier molecular flexibility index (Phi) is 9.24. The Morgan fingerprint density at radius 2 is 1.60 bits per heavy atom. The number of phenols is 1. The van der Waals surface area contributed by atoms with Gasteiger partial charge in [-0.05, 0) is 36.1 Å². The van der Waals surface area contributed by atoms with Gasteiger partial charge in [0.25, 0.3) is 0 Å². The van der Waals surface area contributed by atoms with Crippen LogP contribution >= 0.6 is 21.6 Å². The lowest BCUT2D eigenvalue weighted by Gasteiger charge is -1.99. The third-order valence-electron chi connectivity index (χ3n) is 3.07. The molecule has 0 aromatic heterocycles. The van der Waals surface area contributed by atoms with Crippen LogP contribution in [0.3, 0.4) is 0 Å². The molecule has 1 aromatic rings. The van der Waals surface area contributed by atoms with E-state index < -0.39 is 0 Å². The first-order valence-corrected chi connectivity index (χ1v) is 10.8. The zero-order chi connectivity index (χ0) is 18.8. The molecule has 0 saturated carbocycles. The van der Waals surface area contributed by atoms with E-state index in [4.69, 9.17) is 4.42 Å². The molecule has 0 amide bonds. The second-order valence-electron chi connectivity index (χ2n) is 4.41. The van der Waals surface area contributed by atoms with Crippen molar-refractivity contribution in [3.05, 3.63) is 59.0 Å². The van der Waals surface area contributed by atoms with Crippen molar-refractivity contribution in [2.75, 3.05) is 6.26 Å². The van der Waals surface area contributed by atoms with Crippen molar-refractivity contribution in [1.82, 2.24) is 0 Å². The van der Waals surface area contributed by atoms with Crippen molar-refractivity contribution in [2.24, 2.45) is 0 Å². The summed E-state index contributed by atoms with van der Waals surface area (Å²) in [5.74, 6) is 0.743. The quantitative estimate of drug-likeness (QED) is 0.526. The predicted molar refractivity (Wildman–Crippen MR) is 111 cm³/mol. The van der Waals surface area contributed by atoms with Gasteiger partial charge in [-0.3, -0.25) is 0 Å². The molecule has 1 N–H and O–H groups in total. The first-order chi connectivity index (χ1) is 12.2. The van der Waals surface area contributed by atoms with Crippen molar-refractivity contribution in [3.8, 4) is 28.2 Å². The van der Waals surface area contributed by atoms with Gasteiger partial charge in [0, 0.05) is 10.5 Å². The molecule has 0 unspecified atom stereocenters. The Hall–Kier alpha value is -1.85. The van der Waals surface area contributed by atoms with Crippen molar-refractivity contribution in [2.45, 2.75) is 32.6 Å². The Bertz CT molecular complexity index is 795. The molecule has 3 rings (SSSR count). The molecule has 0 bridgehead atoms. The number of benzene rings is 1. The maximum absolute atomic E-state index is 12.2. The van der Waals surface area contributed by atoms with Crippen LogP contribution in [0.4, 0.5) is 0 Å². The van der Waals surface area contributed by atoms with Crippen molar-refractivity contribution in [1.29, 1.82) is 0 Å². The summed E-state index contributed by atoms with van der Waals surface area (Å²) in [6.45, 7) is 8.00. The number of fused-ring (bicyclic) bond motifs is 1. The SMILES string of the molecule is CC.CC.CSSc1cccc2c(-c3ccc(O)cc3)c(=O)oc-2c1. The molecule has 0 atom stereocenters. The topological polar surface area (TPSA) is 50.4 Å². The van der Waals surface area contributed by atoms with Crippen LogP contribution in [0.2, 0.25) is 0 Å². The molecule has 1 aliphatic carbocycles. The zero-order valence-electron chi connectivity index (χ0n) is 15.2. The summed E-state index contributed by atoms with van der Waals surface area (Å²) in [6.07, 6.45) is 2.00. The van der Waals surface area contributed by atoms with Crippen molar-refractivity contribution >= 4 is 21.6 Å². The second kappa shape index (κ2) is 10.9. The summed E-state index contributed by atoms with van der Waals surface area (Å²) < 4.78 is 5.39. The fraction of sp³-hybridized carbons (Fsp3) is 0.250. The zero-order valence-corrected chi connectivity index (χ0v) is 16.8. The Labute approximate surface area is 157 Å². The van der Waals surface area contributed by atoms with Crippen LogP contribution < -0.4 is 5.63 Å². The lowest BCUT2D eigenvalue weighted by Crippen LogP contribution is -1.95.